The first-order valence-electron chi connectivity index (χ1n) is 17.0. The van der Waals surface area contributed by atoms with Crippen LogP contribution in [-0.4, -0.2) is 83.2 Å². The van der Waals surface area contributed by atoms with Crippen molar-refractivity contribution in [3.8, 4) is 0 Å². The third-order valence-electron chi connectivity index (χ3n) is 11.0. The number of rotatable bonds is 10. The number of urea groups is 1. The number of carboxylic acid groups (broad SMARTS) is 1. The lowest BCUT2D eigenvalue weighted by Crippen LogP contribution is -2.53. The summed E-state index contributed by atoms with van der Waals surface area (Å²) in [6.45, 7) is 7.31. The van der Waals surface area contributed by atoms with Gasteiger partial charge in [0.05, 0.1) is 5.54 Å². The highest BCUT2D eigenvalue weighted by molar-refractivity contribution is 6.30. The molecule has 2 N–H and O–H groups in total. The van der Waals surface area contributed by atoms with Gasteiger partial charge in [-0.1, -0.05) is 73.3 Å². The Morgan fingerprint density at radius 2 is 1.66 bits per heavy atom. The highest BCUT2D eigenvalue weighted by Crippen LogP contribution is 2.46. The van der Waals surface area contributed by atoms with E-state index >= 15 is 0 Å². The predicted molar refractivity (Wildman–Crippen MR) is 175 cm³/mol. The predicted octanol–water partition coefficient (Wildman–Crippen LogP) is 6.57. The van der Waals surface area contributed by atoms with Gasteiger partial charge in [0.1, 0.15) is 6.04 Å². The Hall–Kier alpha value is -2.61. The van der Waals surface area contributed by atoms with Gasteiger partial charge in [0.25, 0.3) is 0 Å². The second kappa shape index (κ2) is 13.8. The topological polar surface area (TPSA) is 76.1 Å². The maximum Gasteiger partial charge on any atom is 0.321 e. The van der Waals surface area contributed by atoms with E-state index < -0.39 is 5.97 Å². The zero-order valence-electron chi connectivity index (χ0n) is 26.2. The number of aliphatic carboxylic acids is 1. The summed E-state index contributed by atoms with van der Waals surface area (Å²) in [5, 5.41) is 14.4. The molecular formula is C36H49ClN4O3. The van der Waals surface area contributed by atoms with Gasteiger partial charge in [-0.15, -0.1) is 0 Å². The van der Waals surface area contributed by atoms with Gasteiger partial charge >= 0.3 is 12.0 Å². The van der Waals surface area contributed by atoms with Crippen molar-refractivity contribution < 1.29 is 14.7 Å². The number of carbonyl (C=O) groups excluding carboxylic acids is 1. The molecule has 8 heteroatoms. The standard InChI is InChI=1S/C36H49ClN4O3/c1-2-41(35(44)38-36(19-20-36)29-13-15-30(37)16-14-29)31-17-21-39(22-18-31)23-28-24-40(25-32(28)26-9-5-3-6-10-26)33(34(42)43)27-11-7-4-8-12-27/h3,5-6,9-10,13-16,27-28,31-33H,2,4,7-8,11-12,17-25H2,1H3,(H,38,44)(H,42,43). The van der Waals surface area contributed by atoms with E-state index in [1.807, 2.05) is 29.2 Å². The number of nitrogens with one attached hydrogen (secondary N) is 1. The van der Waals surface area contributed by atoms with Crippen molar-refractivity contribution in [1.29, 1.82) is 0 Å². The quantitative estimate of drug-likeness (QED) is 0.314. The third kappa shape index (κ3) is 6.95. The average Bonchev–Trinajstić information content (AvgIpc) is 3.70. The monoisotopic (exact) mass is 620 g/mol. The van der Waals surface area contributed by atoms with Gasteiger partial charge in [-0.25, -0.2) is 4.79 Å². The number of likely N-dealkylation sites (tertiary alicyclic amines) is 2. The first-order chi connectivity index (χ1) is 21.4. The van der Waals surface area contributed by atoms with Gasteiger partial charge in [0.15, 0.2) is 0 Å². The summed E-state index contributed by atoms with van der Waals surface area (Å²) in [5.74, 6) is 0.332. The van der Waals surface area contributed by atoms with Crippen molar-refractivity contribution in [3.05, 3.63) is 70.7 Å². The highest BCUT2D eigenvalue weighted by Gasteiger charge is 2.47. The lowest BCUT2D eigenvalue weighted by atomic mass is 9.83. The van der Waals surface area contributed by atoms with Crippen LogP contribution < -0.4 is 5.32 Å². The number of benzene rings is 2. The van der Waals surface area contributed by atoms with E-state index in [2.05, 4.69) is 52.4 Å². The SMILES string of the molecule is CCN(C(=O)NC1(c2ccc(Cl)cc2)CC1)C1CCN(CC2CN(C(C(=O)O)C3CCCCC3)CC2c2ccccc2)CC1. The average molecular weight is 621 g/mol. The molecule has 2 saturated carbocycles. The molecule has 2 heterocycles. The fourth-order valence-corrected chi connectivity index (χ4v) is 8.60. The number of hydrogen-bond acceptors (Lipinski definition) is 4. The van der Waals surface area contributed by atoms with Crippen molar-refractivity contribution >= 4 is 23.6 Å². The molecule has 3 atom stereocenters. The van der Waals surface area contributed by atoms with E-state index in [-0.39, 0.29) is 29.6 Å². The molecule has 0 radical (unpaired) electrons. The molecule has 4 aliphatic rings. The number of nitrogens with zero attached hydrogens (tertiary/aromatic N) is 3. The first kappa shape index (κ1) is 31.4. The normalized spacial score (nSPS) is 25.4. The number of hydrogen-bond donors (Lipinski definition) is 2. The number of carboxylic acids is 1. The zero-order valence-corrected chi connectivity index (χ0v) is 26.9. The summed E-state index contributed by atoms with van der Waals surface area (Å²) in [5.41, 5.74) is 2.20. The second-order valence-electron chi connectivity index (χ2n) is 13.7. The van der Waals surface area contributed by atoms with Gasteiger partial charge in [-0.05, 0) is 80.5 Å². The fourth-order valence-electron chi connectivity index (χ4n) is 8.47. The summed E-state index contributed by atoms with van der Waals surface area (Å²) in [6.07, 6.45) is 9.43. The van der Waals surface area contributed by atoms with E-state index in [1.54, 1.807) is 0 Å². The maximum atomic E-state index is 13.5. The van der Waals surface area contributed by atoms with Crippen LogP contribution in [0, 0.1) is 11.8 Å². The summed E-state index contributed by atoms with van der Waals surface area (Å²) in [7, 11) is 0. The van der Waals surface area contributed by atoms with Crippen LogP contribution in [0.25, 0.3) is 0 Å². The van der Waals surface area contributed by atoms with Gasteiger partial charge in [-0.3, -0.25) is 9.69 Å². The minimum absolute atomic E-state index is 0.0383. The molecule has 2 saturated heterocycles. The molecule has 2 aromatic rings. The smallest absolute Gasteiger partial charge is 0.321 e. The summed E-state index contributed by atoms with van der Waals surface area (Å²) >= 11 is 6.11. The van der Waals surface area contributed by atoms with Crippen LogP contribution in [0.4, 0.5) is 4.79 Å². The van der Waals surface area contributed by atoms with Crippen molar-refractivity contribution in [2.24, 2.45) is 11.8 Å². The van der Waals surface area contributed by atoms with Crippen LogP contribution >= 0.6 is 11.6 Å². The van der Waals surface area contributed by atoms with E-state index in [4.69, 9.17) is 11.6 Å². The molecular weight excluding hydrogens is 572 g/mol. The molecule has 7 nitrogen and oxygen atoms in total. The molecule has 2 aliphatic carbocycles. The summed E-state index contributed by atoms with van der Waals surface area (Å²) in [6, 6.07) is 18.5. The molecule has 238 valence electrons. The van der Waals surface area contributed by atoms with Crippen LogP contribution in [-0.2, 0) is 10.3 Å². The molecule has 0 spiro atoms. The Labute approximate surface area is 267 Å². The molecule has 6 rings (SSSR count). The summed E-state index contributed by atoms with van der Waals surface area (Å²) in [4.78, 5) is 33.1. The molecule has 2 aliphatic heterocycles. The largest absolute Gasteiger partial charge is 0.480 e. The van der Waals surface area contributed by atoms with Crippen molar-refractivity contribution in [2.45, 2.75) is 88.3 Å². The number of carbonyl (C=O) groups is 2. The third-order valence-corrected chi connectivity index (χ3v) is 11.3. The second-order valence-corrected chi connectivity index (χ2v) is 14.2. The fraction of sp³-hybridized carbons (Fsp3) is 0.611. The molecule has 4 fully saturated rings. The molecule has 3 unspecified atom stereocenters. The van der Waals surface area contributed by atoms with E-state index in [0.717, 1.165) is 89.7 Å². The van der Waals surface area contributed by atoms with Crippen LogP contribution in [0.2, 0.25) is 5.02 Å². The Balaban J connectivity index is 1.08. The molecule has 44 heavy (non-hydrogen) atoms. The highest BCUT2D eigenvalue weighted by atomic mass is 35.5. The van der Waals surface area contributed by atoms with Crippen LogP contribution in [0.3, 0.4) is 0 Å². The van der Waals surface area contributed by atoms with Crippen LogP contribution in [0.1, 0.15) is 81.8 Å². The molecule has 0 aromatic heterocycles. The van der Waals surface area contributed by atoms with E-state index in [0.29, 0.717) is 23.4 Å². The molecule has 2 amide bonds. The Bertz CT molecular complexity index is 1260. The number of piperidine rings is 1. The van der Waals surface area contributed by atoms with E-state index in [1.165, 1.54) is 12.0 Å². The summed E-state index contributed by atoms with van der Waals surface area (Å²) < 4.78 is 0. The van der Waals surface area contributed by atoms with Gasteiger partial charge < -0.3 is 20.2 Å². The van der Waals surface area contributed by atoms with Crippen molar-refractivity contribution in [3.63, 3.8) is 0 Å². The Morgan fingerprint density at radius 3 is 2.27 bits per heavy atom. The Kier molecular flexibility index (Phi) is 9.84. The van der Waals surface area contributed by atoms with Gasteiger partial charge in [-0.2, -0.15) is 0 Å². The van der Waals surface area contributed by atoms with Crippen molar-refractivity contribution in [1.82, 2.24) is 20.0 Å². The number of amides is 2. The van der Waals surface area contributed by atoms with E-state index in [9.17, 15) is 14.7 Å². The van der Waals surface area contributed by atoms with Crippen molar-refractivity contribution in [2.75, 3.05) is 39.3 Å². The number of halogens is 1. The van der Waals surface area contributed by atoms with Crippen LogP contribution in [0.15, 0.2) is 54.6 Å². The first-order valence-corrected chi connectivity index (χ1v) is 17.3. The minimum Gasteiger partial charge on any atom is -0.480 e. The van der Waals surface area contributed by atoms with Gasteiger partial charge in [0, 0.05) is 56.3 Å². The minimum atomic E-state index is -0.646. The Morgan fingerprint density at radius 1 is 0.977 bits per heavy atom. The molecule has 0 bridgehead atoms. The lowest BCUT2D eigenvalue weighted by molar-refractivity contribution is -0.145. The molecule has 2 aromatic carbocycles. The van der Waals surface area contributed by atoms with Crippen LogP contribution in [0.5, 0.6) is 0 Å². The van der Waals surface area contributed by atoms with Gasteiger partial charge in [0.2, 0.25) is 0 Å². The maximum absolute atomic E-state index is 13.5. The lowest BCUT2D eigenvalue weighted by Gasteiger charge is -2.40. The zero-order chi connectivity index (χ0) is 30.7.